The molecule has 2 aromatic rings. The van der Waals surface area contributed by atoms with Crippen molar-refractivity contribution in [2.75, 3.05) is 0 Å². The van der Waals surface area contributed by atoms with Gasteiger partial charge >= 0.3 is 0 Å². The largest absolute Gasteiger partial charge is 0.288 e. The van der Waals surface area contributed by atoms with Crippen LogP contribution in [0.15, 0.2) is 33.3 Å². The number of nitro groups is 1. The molecule has 1 heterocycles. The standard InChI is InChI=1S/C19H16BrClFN3O3/c1-19(22)6-5-12(21)11(8-19)18(26)14-13(25(27)28)7-10-16(15(14)20)23-24(2)17(10)9-3-4-9/h5,7-9H,3-4,6H2,1-2H3. The number of alkyl halides is 1. The van der Waals surface area contributed by atoms with E-state index in [1.807, 2.05) is 0 Å². The first-order valence-electron chi connectivity index (χ1n) is 8.76. The molecule has 0 N–H and O–H groups in total. The van der Waals surface area contributed by atoms with Crippen LogP contribution >= 0.6 is 27.5 Å². The van der Waals surface area contributed by atoms with Gasteiger partial charge < -0.3 is 0 Å². The average Bonchev–Trinajstić information content (AvgIpc) is 3.38. The van der Waals surface area contributed by atoms with Gasteiger partial charge in [0, 0.05) is 47.1 Å². The molecule has 1 aromatic carbocycles. The van der Waals surface area contributed by atoms with E-state index in [4.69, 9.17) is 11.6 Å². The van der Waals surface area contributed by atoms with Crippen molar-refractivity contribution in [1.29, 1.82) is 0 Å². The molecule has 4 rings (SSSR count). The molecule has 1 atom stereocenters. The summed E-state index contributed by atoms with van der Waals surface area (Å²) in [6.07, 6.45) is 4.59. The minimum absolute atomic E-state index is 0.0376. The van der Waals surface area contributed by atoms with Crippen LogP contribution in [0.1, 0.15) is 48.2 Å². The van der Waals surface area contributed by atoms with E-state index in [1.54, 1.807) is 11.7 Å². The van der Waals surface area contributed by atoms with Crippen LogP contribution in [0.25, 0.3) is 10.9 Å². The summed E-state index contributed by atoms with van der Waals surface area (Å²) in [5.41, 5.74) is -0.968. The zero-order valence-electron chi connectivity index (χ0n) is 15.1. The van der Waals surface area contributed by atoms with Crippen molar-refractivity contribution in [3.63, 3.8) is 0 Å². The molecule has 1 aromatic heterocycles. The van der Waals surface area contributed by atoms with Crippen LogP contribution in [0.5, 0.6) is 0 Å². The summed E-state index contributed by atoms with van der Waals surface area (Å²) in [5.74, 6) is -0.391. The predicted octanol–water partition coefficient (Wildman–Crippen LogP) is 5.49. The van der Waals surface area contributed by atoms with E-state index in [0.717, 1.165) is 24.6 Å². The minimum atomic E-state index is -1.75. The number of ketones is 1. The van der Waals surface area contributed by atoms with Crippen molar-refractivity contribution in [3.8, 4) is 0 Å². The second-order valence-corrected chi connectivity index (χ2v) is 8.64. The van der Waals surface area contributed by atoms with Crippen LogP contribution in [0.4, 0.5) is 10.1 Å². The molecule has 0 amide bonds. The number of benzene rings is 1. The molecular formula is C19H16BrClFN3O3. The zero-order chi connectivity index (χ0) is 20.4. The number of hydrogen-bond donors (Lipinski definition) is 0. The van der Waals surface area contributed by atoms with Gasteiger partial charge in [-0.3, -0.25) is 19.6 Å². The molecular weight excluding hydrogens is 453 g/mol. The van der Waals surface area contributed by atoms with Crippen molar-refractivity contribution in [3.05, 3.63) is 54.7 Å². The fraction of sp³-hybridized carbons (Fsp3) is 0.368. The van der Waals surface area contributed by atoms with Crippen LogP contribution in [-0.2, 0) is 7.05 Å². The summed E-state index contributed by atoms with van der Waals surface area (Å²) in [4.78, 5) is 24.4. The number of aromatic nitrogens is 2. The third kappa shape index (κ3) is 3.08. The lowest BCUT2D eigenvalue weighted by Gasteiger charge is -2.21. The highest BCUT2D eigenvalue weighted by atomic mass is 79.9. The van der Waals surface area contributed by atoms with Gasteiger partial charge in [-0.25, -0.2) is 4.39 Å². The van der Waals surface area contributed by atoms with E-state index < -0.39 is 16.4 Å². The van der Waals surface area contributed by atoms with Gasteiger partial charge in [-0.05, 0) is 41.8 Å². The zero-order valence-corrected chi connectivity index (χ0v) is 17.5. The fourth-order valence-electron chi connectivity index (χ4n) is 3.64. The second-order valence-electron chi connectivity index (χ2n) is 7.44. The van der Waals surface area contributed by atoms with Gasteiger partial charge in [0.2, 0.25) is 5.78 Å². The Morgan fingerprint density at radius 2 is 2.18 bits per heavy atom. The van der Waals surface area contributed by atoms with Crippen LogP contribution in [0.3, 0.4) is 0 Å². The summed E-state index contributed by atoms with van der Waals surface area (Å²) in [7, 11) is 1.78. The molecule has 1 fully saturated rings. The van der Waals surface area contributed by atoms with E-state index in [-0.39, 0.29) is 32.7 Å². The highest BCUT2D eigenvalue weighted by molar-refractivity contribution is 9.10. The molecule has 1 saturated carbocycles. The Kier molecular flexibility index (Phi) is 4.46. The number of Topliss-reactive ketones (excluding diaryl/α,β-unsaturated/α-hetero) is 1. The van der Waals surface area contributed by atoms with Gasteiger partial charge in [0.15, 0.2) is 0 Å². The first-order chi connectivity index (χ1) is 13.1. The summed E-state index contributed by atoms with van der Waals surface area (Å²) >= 11 is 9.49. The quantitative estimate of drug-likeness (QED) is 0.338. The van der Waals surface area contributed by atoms with Crippen LogP contribution in [0, 0.1) is 10.1 Å². The second kappa shape index (κ2) is 6.49. The number of fused-ring (bicyclic) bond motifs is 1. The Morgan fingerprint density at radius 3 is 2.79 bits per heavy atom. The number of aryl methyl sites for hydroxylation is 1. The first kappa shape index (κ1) is 19.3. The van der Waals surface area contributed by atoms with E-state index in [9.17, 15) is 19.3 Å². The van der Waals surface area contributed by atoms with Crippen LogP contribution in [0.2, 0.25) is 0 Å². The summed E-state index contributed by atoms with van der Waals surface area (Å²) < 4.78 is 16.4. The van der Waals surface area contributed by atoms with Gasteiger partial charge in [0.1, 0.15) is 16.7 Å². The average molecular weight is 469 g/mol. The lowest BCUT2D eigenvalue weighted by atomic mass is 9.90. The summed E-state index contributed by atoms with van der Waals surface area (Å²) in [6, 6.07) is 1.39. The number of halogens is 3. The molecule has 2 aliphatic carbocycles. The maximum atomic E-state index is 14.4. The molecule has 9 heteroatoms. The molecule has 28 heavy (non-hydrogen) atoms. The highest BCUT2D eigenvalue weighted by Crippen LogP contribution is 2.46. The van der Waals surface area contributed by atoms with Gasteiger partial charge in [-0.1, -0.05) is 17.7 Å². The first-order valence-corrected chi connectivity index (χ1v) is 9.94. The third-order valence-electron chi connectivity index (χ3n) is 5.11. The van der Waals surface area contributed by atoms with Crippen molar-refractivity contribution < 1.29 is 14.1 Å². The maximum absolute atomic E-state index is 14.4. The van der Waals surface area contributed by atoms with E-state index >= 15 is 0 Å². The molecule has 146 valence electrons. The highest BCUT2D eigenvalue weighted by Gasteiger charge is 2.36. The minimum Gasteiger partial charge on any atom is -0.288 e. The maximum Gasteiger partial charge on any atom is 0.282 e. The van der Waals surface area contributed by atoms with Gasteiger partial charge in [-0.2, -0.15) is 5.10 Å². The Labute approximate surface area is 173 Å². The molecule has 0 bridgehead atoms. The number of nitrogens with zero attached hydrogens (tertiary/aromatic N) is 3. The lowest BCUT2D eigenvalue weighted by molar-refractivity contribution is -0.385. The topological polar surface area (TPSA) is 78.0 Å². The number of rotatable bonds is 4. The van der Waals surface area contributed by atoms with E-state index in [1.165, 1.54) is 19.1 Å². The third-order valence-corrected chi connectivity index (χ3v) is 6.24. The van der Waals surface area contributed by atoms with E-state index in [2.05, 4.69) is 21.0 Å². The number of nitro benzene ring substituents is 1. The number of carbonyl (C=O) groups excluding carboxylic acids is 1. The Hall–Kier alpha value is -2.06. The molecule has 1 unspecified atom stereocenters. The van der Waals surface area contributed by atoms with Crippen molar-refractivity contribution >= 4 is 49.9 Å². The van der Waals surface area contributed by atoms with Crippen LogP contribution in [-0.4, -0.2) is 26.2 Å². The predicted molar refractivity (Wildman–Crippen MR) is 108 cm³/mol. The number of carbonyl (C=O) groups is 1. The lowest BCUT2D eigenvalue weighted by Crippen LogP contribution is -2.21. The number of hydrogen-bond acceptors (Lipinski definition) is 4. The van der Waals surface area contributed by atoms with Crippen molar-refractivity contribution in [2.24, 2.45) is 7.05 Å². The van der Waals surface area contributed by atoms with Crippen molar-refractivity contribution in [1.82, 2.24) is 9.78 Å². The molecule has 2 aliphatic rings. The van der Waals surface area contributed by atoms with Gasteiger partial charge in [-0.15, -0.1) is 0 Å². The van der Waals surface area contributed by atoms with Crippen molar-refractivity contribution in [2.45, 2.75) is 37.8 Å². The molecule has 6 nitrogen and oxygen atoms in total. The Bertz CT molecular complexity index is 1120. The number of allylic oxidation sites excluding steroid dienone is 4. The van der Waals surface area contributed by atoms with Crippen LogP contribution < -0.4 is 0 Å². The van der Waals surface area contributed by atoms with E-state index in [0.29, 0.717) is 16.8 Å². The SMILES string of the molecule is Cn1nc2c(Br)c(C(=O)C3=CC(C)(F)CC=C3Cl)c([N+](=O)[O-])cc2c1C1CC1. The van der Waals surface area contributed by atoms with Gasteiger partial charge in [0.05, 0.1) is 9.40 Å². The smallest absolute Gasteiger partial charge is 0.282 e. The Balaban J connectivity index is 1.96. The normalized spacial score (nSPS) is 22.2. The molecule has 0 spiro atoms. The van der Waals surface area contributed by atoms with Gasteiger partial charge in [0.25, 0.3) is 5.69 Å². The summed E-state index contributed by atoms with van der Waals surface area (Å²) in [5, 5.41) is 17.0. The molecule has 0 radical (unpaired) electrons. The monoisotopic (exact) mass is 467 g/mol. The Morgan fingerprint density at radius 1 is 1.50 bits per heavy atom. The molecule has 0 aliphatic heterocycles. The fourth-order valence-corrected chi connectivity index (χ4v) is 4.53. The summed E-state index contributed by atoms with van der Waals surface area (Å²) in [6.45, 7) is 1.33. The molecule has 0 saturated heterocycles.